The van der Waals surface area contributed by atoms with Crippen LogP contribution in [-0.4, -0.2) is 31.3 Å². The van der Waals surface area contributed by atoms with Gasteiger partial charge in [-0.25, -0.2) is 19.9 Å². The molecule has 1 aliphatic heterocycles. The molecule has 0 N–H and O–H groups in total. The molecule has 0 unspecified atom stereocenters. The minimum atomic E-state index is -0.324. The first-order valence-electron chi connectivity index (χ1n) is 16.9. The van der Waals surface area contributed by atoms with Crippen molar-refractivity contribution in [3.05, 3.63) is 161 Å². The summed E-state index contributed by atoms with van der Waals surface area (Å²) in [4.78, 5) is 44.5. The summed E-state index contributed by atoms with van der Waals surface area (Å²) in [7, 11) is 0. The minimum absolute atomic E-state index is 0.312. The van der Waals surface area contributed by atoms with E-state index in [1.807, 2.05) is 136 Å². The Bertz CT molecular complexity index is 2630. The molecule has 51 heavy (non-hydrogen) atoms. The van der Waals surface area contributed by atoms with Crippen molar-refractivity contribution < 1.29 is 9.59 Å². The van der Waals surface area contributed by atoms with Crippen LogP contribution in [0.4, 0.5) is 5.69 Å². The van der Waals surface area contributed by atoms with Crippen molar-refractivity contribution in [1.82, 2.24) is 19.5 Å². The van der Waals surface area contributed by atoms with E-state index < -0.39 is 0 Å². The molecule has 8 aromatic rings. The fourth-order valence-electron chi connectivity index (χ4n) is 7.49. The number of benzene rings is 6. The van der Waals surface area contributed by atoms with Crippen molar-refractivity contribution in [2.45, 2.75) is 20.8 Å². The van der Waals surface area contributed by atoms with Crippen LogP contribution in [0.3, 0.4) is 0 Å². The number of para-hydroxylation sites is 1. The minimum Gasteiger partial charge on any atom is -0.308 e. The van der Waals surface area contributed by atoms with E-state index in [0.717, 1.165) is 55.2 Å². The van der Waals surface area contributed by atoms with E-state index >= 15 is 0 Å². The lowest BCUT2D eigenvalue weighted by molar-refractivity contribution is 0.0925. The predicted octanol–water partition coefficient (Wildman–Crippen LogP) is 9.70. The summed E-state index contributed by atoms with van der Waals surface area (Å²) in [6.45, 7) is 5.91. The second-order valence-corrected chi connectivity index (χ2v) is 13.0. The first-order valence-corrected chi connectivity index (χ1v) is 16.9. The van der Waals surface area contributed by atoms with Gasteiger partial charge in [0.1, 0.15) is 0 Å². The van der Waals surface area contributed by atoms with Crippen molar-refractivity contribution in [2.75, 3.05) is 4.90 Å². The summed E-state index contributed by atoms with van der Waals surface area (Å²) in [6.07, 6.45) is 0. The largest absolute Gasteiger partial charge is 0.308 e. The zero-order valence-corrected chi connectivity index (χ0v) is 28.3. The van der Waals surface area contributed by atoms with E-state index in [1.165, 1.54) is 4.90 Å². The van der Waals surface area contributed by atoms with E-state index in [4.69, 9.17) is 15.0 Å². The highest BCUT2D eigenvalue weighted by Gasteiger charge is 2.40. The Morgan fingerprint density at radius 2 is 1.06 bits per heavy atom. The van der Waals surface area contributed by atoms with Crippen LogP contribution < -0.4 is 4.90 Å². The number of carbonyl (C=O) groups is 2. The zero-order valence-electron chi connectivity index (χ0n) is 28.3. The maximum absolute atomic E-state index is 14.4. The van der Waals surface area contributed by atoms with Crippen LogP contribution in [0.1, 0.15) is 37.4 Å². The van der Waals surface area contributed by atoms with Gasteiger partial charge in [0.2, 0.25) is 0 Å². The van der Waals surface area contributed by atoms with Crippen LogP contribution in [0.5, 0.6) is 0 Å². The normalized spacial score (nSPS) is 12.6. The standard InChI is InChI=1S/C44H31N5O2/c1-26-23-27(2)39(28(3)24-26)49-43(50)33-18-12-20-37(38(33)44(49)51)48-35-19-11-10-17-32(35)34-25-31(21-22-36(34)48)42-46-40(29-13-6-4-7-14-29)45-41(47-42)30-15-8-5-9-16-30/h4-25H,1-3H3. The molecule has 0 atom stereocenters. The van der Waals surface area contributed by atoms with Crippen LogP contribution in [-0.2, 0) is 0 Å². The first-order chi connectivity index (χ1) is 24.9. The SMILES string of the molecule is Cc1cc(C)c(N2C(=O)c3cccc(-n4c5ccccc5c5cc(-c6nc(-c7ccccc7)nc(-c7ccccc7)n6)ccc54)c3C2=O)c(C)c1. The number of imide groups is 1. The van der Waals surface area contributed by atoms with Crippen LogP contribution in [0.15, 0.2) is 133 Å². The Kier molecular flexibility index (Phi) is 6.96. The van der Waals surface area contributed by atoms with Gasteiger partial charge in [0, 0.05) is 27.5 Å². The van der Waals surface area contributed by atoms with Crippen LogP contribution in [0, 0.1) is 20.8 Å². The number of fused-ring (bicyclic) bond motifs is 4. The summed E-state index contributed by atoms with van der Waals surface area (Å²) in [5.74, 6) is 1.10. The molecular formula is C44H31N5O2. The summed E-state index contributed by atoms with van der Waals surface area (Å²) in [5.41, 5.74) is 9.41. The third-order valence-corrected chi connectivity index (χ3v) is 9.62. The number of rotatable bonds is 5. The predicted molar refractivity (Wildman–Crippen MR) is 202 cm³/mol. The second-order valence-electron chi connectivity index (χ2n) is 13.0. The van der Waals surface area contributed by atoms with E-state index in [-0.39, 0.29) is 11.8 Å². The van der Waals surface area contributed by atoms with Gasteiger partial charge in [-0.1, -0.05) is 103 Å². The number of anilines is 1. The lowest BCUT2D eigenvalue weighted by atomic mass is 10.0. The van der Waals surface area contributed by atoms with Gasteiger partial charge >= 0.3 is 0 Å². The molecule has 0 radical (unpaired) electrons. The maximum Gasteiger partial charge on any atom is 0.268 e. The van der Waals surface area contributed by atoms with E-state index in [0.29, 0.717) is 40.0 Å². The number of aromatic nitrogens is 4. The molecule has 0 spiro atoms. The lowest BCUT2D eigenvalue weighted by Crippen LogP contribution is -2.31. The highest BCUT2D eigenvalue weighted by molar-refractivity contribution is 6.36. The first kappa shape index (κ1) is 30.3. The molecule has 1 aliphatic rings. The smallest absolute Gasteiger partial charge is 0.268 e. The molecule has 2 aromatic heterocycles. The molecule has 3 heterocycles. The van der Waals surface area contributed by atoms with Crippen LogP contribution in [0.25, 0.3) is 61.7 Å². The van der Waals surface area contributed by atoms with Crippen molar-refractivity contribution in [2.24, 2.45) is 0 Å². The molecule has 0 saturated heterocycles. The van der Waals surface area contributed by atoms with Gasteiger partial charge in [-0.05, 0) is 68.3 Å². The molecular weight excluding hydrogens is 631 g/mol. The Morgan fingerprint density at radius 1 is 0.490 bits per heavy atom. The Hall–Kier alpha value is -6.73. The van der Waals surface area contributed by atoms with E-state index in [2.05, 4.69) is 16.7 Å². The highest BCUT2D eigenvalue weighted by Crippen LogP contribution is 2.40. The van der Waals surface area contributed by atoms with Gasteiger partial charge in [0.15, 0.2) is 17.5 Å². The van der Waals surface area contributed by atoms with Crippen molar-refractivity contribution in [1.29, 1.82) is 0 Å². The average molecular weight is 662 g/mol. The summed E-state index contributed by atoms with van der Waals surface area (Å²) in [5, 5.41) is 1.98. The molecule has 6 aromatic carbocycles. The van der Waals surface area contributed by atoms with Gasteiger partial charge in [-0.3, -0.25) is 9.59 Å². The summed E-state index contributed by atoms with van der Waals surface area (Å²) < 4.78 is 2.09. The van der Waals surface area contributed by atoms with Crippen LogP contribution >= 0.6 is 0 Å². The van der Waals surface area contributed by atoms with E-state index in [1.54, 1.807) is 6.07 Å². The molecule has 0 aliphatic carbocycles. The summed E-state index contributed by atoms with van der Waals surface area (Å²) in [6, 6.07) is 43.7. The number of aryl methyl sites for hydroxylation is 3. The van der Waals surface area contributed by atoms with Crippen molar-refractivity contribution in [3.63, 3.8) is 0 Å². The van der Waals surface area contributed by atoms with Gasteiger partial charge < -0.3 is 4.57 Å². The molecule has 7 heteroatoms. The topological polar surface area (TPSA) is 81.0 Å². The number of carbonyl (C=O) groups excluding carboxylic acids is 2. The number of hydrogen-bond acceptors (Lipinski definition) is 5. The van der Waals surface area contributed by atoms with Crippen molar-refractivity contribution in [3.8, 4) is 39.9 Å². The fraction of sp³-hybridized carbons (Fsp3) is 0.0682. The van der Waals surface area contributed by atoms with Gasteiger partial charge in [-0.15, -0.1) is 0 Å². The molecule has 244 valence electrons. The monoisotopic (exact) mass is 661 g/mol. The second kappa shape index (κ2) is 11.7. The van der Waals surface area contributed by atoms with Crippen molar-refractivity contribution >= 4 is 39.3 Å². The van der Waals surface area contributed by atoms with Crippen LogP contribution in [0.2, 0.25) is 0 Å². The number of amides is 2. The van der Waals surface area contributed by atoms with E-state index in [9.17, 15) is 9.59 Å². The molecule has 9 rings (SSSR count). The maximum atomic E-state index is 14.4. The van der Waals surface area contributed by atoms with Gasteiger partial charge in [0.25, 0.3) is 11.8 Å². The Balaban J connectivity index is 1.23. The number of nitrogens with zero attached hydrogens (tertiary/aromatic N) is 5. The van der Waals surface area contributed by atoms with Gasteiger partial charge in [0.05, 0.1) is 33.5 Å². The molecule has 0 bridgehead atoms. The fourth-order valence-corrected chi connectivity index (χ4v) is 7.49. The number of hydrogen-bond donors (Lipinski definition) is 0. The summed E-state index contributed by atoms with van der Waals surface area (Å²) >= 11 is 0. The third-order valence-electron chi connectivity index (χ3n) is 9.62. The molecule has 2 amide bonds. The zero-order chi connectivity index (χ0) is 34.8. The lowest BCUT2D eigenvalue weighted by Gasteiger charge is -2.20. The third kappa shape index (κ3) is 4.85. The molecule has 7 nitrogen and oxygen atoms in total. The Labute approximate surface area is 294 Å². The Morgan fingerprint density at radius 3 is 1.71 bits per heavy atom. The molecule has 0 fully saturated rings. The van der Waals surface area contributed by atoms with Gasteiger partial charge in [-0.2, -0.15) is 0 Å². The quantitative estimate of drug-likeness (QED) is 0.172. The highest BCUT2D eigenvalue weighted by atomic mass is 16.2. The molecule has 0 saturated carbocycles. The average Bonchev–Trinajstić information content (AvgIpc) is 3.62.